The summed E-state index contributed by atoms with van der Waals surface area (Å²) in [6.45, 7) is 1.25. The minimum Gasteiger partial charge on any atom is -0.489 e. The molecular weight excluding hydrogens is 372 g/mol. The maximum absolute atomic E-state index is 12.2. The lowest BCUT2D eigenvalue weighted by Crippen LogP contribution is -2.26. The van der Waals surface area contributed by atoms with Crippen LogP contribution < -0.4 is 10.1 Å². The Morgan fingerprint density at radius 3 is 2.73 bits per heavy atom. The first-order valence-corrected chi connectivity index (χ1v) is 11.3. The summed E-state index contributed by atoms with van der Waals surface area (Å²) in [7, 11) is 0. The molecular formula is C26H32N2O2. The quantitative estimate of drug-likeness (QED) is 0.476. The molecule has 1 saturated carbocycles. The van der Waals surface area contributed by atoms with Crippen molar-refractivity contribution in [3.63, 3.8) is 0 Å². The highest BCUT2D eigenvalue weighted by Gasteiger charge is 2.14. The highest BCUT2D eigenvalue weighted by molar-refractivity contribution is 5.84. The lowest BCUT2D eigenvalue weighted by Gasteiger charge is -2.20. The molecule has 1 fully saturated rings. The van der Waals surface area contributed by atoms with Crippen molar-refractivity contribution >= 4 is 16.8 Å². The normalized spacial score (nSPS) is 14.7. The number of H-pyrrole nitrogens is 1. The summed E-state index contributed by atoms with van der Waals surface area (Å²) in [6, 6.07) is 16.4. The van der Waals surface area contributed by atoms with Gasteiger partial charge in [0.2, 0.25) is 5.91 Å². The molecule has 0 atom stereocenters. The van der Waals surface area contributed by atoms with E-state index in [1.165, 1.54) is 43.1 Å². The molecule has 0 unspecified atom stereocenters. The van der Waals surface area contributed by atoms with Crippen molar-refractivity contribution in [1.82, 2.24) is 10.3 Å². The van der Waals surface area contributed by atoms with Crippen molar-refractivity contribution in [1.29, 1.82) is 0 Å². The second-order valence-electron chi connectivity index (χ2n) is 8.44. The fraction of sp³-hybridized carbons (Fsp3) is 0.423. The van der Waals surface area contributed by atoms with Crippen LogP contribution in [0.1, 0.15) is 56.1 Å². The molecule has 0 aliphatic heterocycles. The molecule has 0 spiro atoms. The molecule has 158 valence electrons. The number of carbonyl (C=O) groups excluding carboxylic acids is 1. The van der Waals surface area contributed by atoms with E-state index in [4.69, 9.17) is 4.74 Å². The third kappa shape index (κ3) is 5.65. The van der Waals surface area contributed by atoms with Crippen molar-refractivity contribution in [2.24, 2.45) is 5.92 Å². The number of fused-ring (bicyclic) bond motifs is 1. The van der Waals surface area contributed by atoms with E-state index >= 15 is 0 Å². The molecule has 2 N–H and O–H groups in total. The molecule has 0 saturated heterocycles. The van der Waals surface area contributed by atoms with Crippen LogP contribution in [0.25, 0.3) is 10.9 Å². The van der Waals surface area contributed by atoms with E-state index < -0.39 is 0 Å². The third-order valence-corrected chi connectivity index (χ3v) is 6.21. The van der Waals surface area contributed by atoms with E-state index in [1.54, 1.807) is 0 Å². The summed E-state index contributed by atoms with van der Waals surface area (Å²) < 4.78 is 5.92. The topological polar surface area (TPSA) is 54.1 Å². The van der Waals surface area contributed by atoms with E-state index in [9.17, 15) is 4.79 Å². The average Bonchev–Trinajstić information content (AvgIpc) is 3.20. The van der Waals surface area contributed by atoms with Gasteiger partial charge in [0.1, 0.15) is 12.4 Å². The molecule has 3 aromatic rings. The largest absolute Gasteiger partial charge is 0.489 e. The highest BCUT2D eigenvalue weighted by atomic mass is 16.5. The van der Waals surface area contributed by atoms with Gasteiger partial charge in [0, 0.05) is 36.1 Å². The number of aromatic amines is 1. The van der Waals surface area contributed by atoms with Crippen LogP contribution in [0.2, 0.25) is 0 Å². The first kappa shape index (κ1) is 20.5. The minimum absolute atomic E-state index is 0.192. The first-order valence-electron chi connectivity index (χ1n) is 11.3. The van der Waals surface area contributed by atoms with Gasteiger partial charge in [-0.05, 0) is 42.0 Å². The van der Waals surface area contributed by atoms with Gasteiger partial charge >= 0.3 is 0 Å². The lowest BCUT2D eigenvalue weighted by molar-refractivity contribution is -0.121. The van der Waals surface area contributed by atoms with Crippen LogP contribution in [0.5, 0.6) is 5.75 Å². The molecule has 1 aromatic heterocycles. The van der Waals surface area contributed by atoms with Crippen molar-refractivity contribution < 1.29 is 9.53 Å². The van der Waals surface area contributed by atoms with E-state index in [2.05, 4.69) is 28.5 Å². The fourth-order valence-corrected chi connectivity index (χ4v) is 4.44. The summed E-state index contributed by atoms with van der Waals surface area (Å²) in [5.41, 5.74) is 3.45. The van der Waals surface area contributed by atoms with E-state index in [0.29, 0.717) is 19.6 Å². The van der Waals surface area contributed by atoms with Crippen LogP contribution in [-0.4, -0.2) is 17.4 Å². The fourth-order valence-electron chi connectivity index (χ4n) is 4.44. The molecule has 1 aliphatic rings. The zero-order valence-electron chi connectivity index (χ0n) is 17.7. The number of amides is 1. The molecule has 4 nitrogen and oxygen atoms in total. The lowest BCUT2D eigenvalue weighted by atomic mass is 9.86. The van der Waals surface area contributed by atoms with Crippen LogP contribution in [0, 0.1) is 5.92 Å². The van der Waals surface area contributed by atoms with Crippen molar-refractivity contribution in [2.45, 2.75) is 58.0 Å². The maximum atomic E-state index is 12.2. The number of ether oxygens (including phenoxy) is 1. The van der Waals surface area contributed by atoms with E-state index in [1.807, 2.05) is 36.5 Å². The Bertz CT molecular complexity index is 942. The first-order chi connectivity index (χ1) is 14.8. The monoisotopic (exact) mass is 404 g/mol. The molecule has 1 heterocycles. The number of nitrogens with one attached hydrogen (secondary N) is 2. The molecule has 4 heteroatoms. The summed E-state index contributed by atoms with van der Waals surface area (Å²) >= 11 is 0. The van der Waals surface area contributed by atoms with Gasteiger partial charge in [-0.15, -0.1) is 0 Å². The maximum Gasteiger partial charge on any atom is 0.220 e. The van der Waals surface area contributed by atoms with Crippen LogP contribution in [0.4, 0.5) is 0 Å². The van der Waals surface area contributed by atoms with E-state index in [0.717, 1.165) is 35.6 Å². The zero-order valence-corrected chi connectivity index (χ0v) is 17.7. The minimum atomic E-state index is 0.192. The second-order valence-corrected chi connectivity index (χ2v) is 8.44. The molecule has 0 radical (unpaired) electrons. The van der Waals surface area contributed by atoms with Gasteiger partial charge in [0.15, 0.2) is 0 Å². The zero-order chi connectivity index (χ0) is 20.6. The molecule has 0 bridgehead atoms. The van der Waals surface area contributed by atoms with Crippen LogP contribution in [-0.2, 0) is 17.8 Å². The number of hydrogen-bond acceptors (Lipinski definition) is 2. The summed E-state index contributed by atoms with van der Waals surface area (Å²) in [5, 5.41) is 4.29. The summed E-state index contributed by atoms with van der Waals surface area (Å²) in [5.74, 6) is 1.81. The summed E-state index contributed by atoms with van der Waals surface area (Å²) in [4.78, 5) is 15.5. The third-order valence-electron chi connectivity index (χ3n) is 6.21. The predicted molar refractivity (Wildman–Crippen MR) is 122 cm³/mol. The van der Waals surface area contributed by atoms with Gasteiger partial charge in [0.05, 0.1) is 0 Å². The predicted octanol–water partition coefficient (Wildman–Crippen LogP) is 5.77. The number of carbonyl (C=O) groups is 1. The Morgan fingerprint density at radius 2 is 1.90 bits per heavy atom. The van der Waals surface area contributed by atoms with Gasteiger partial charge < -0.3 is 15.0 Å². The van der Waals surface area contributed by atoms with Gasteiger partial charge in [-0.25, -0.2) is 0 Å². The van der Waals surface area contributed by atoms with Crippen LogP contribution >= 0.6 is 0 Å². The van der Waals surface area contributed by atoms with Crippen molar-refractivity contribution in [3.8, 4) is 5.75 Å². The Morgan fingerprint density at radius 1 is 1.07 bits per heavy atom. The summed E-state index contributed by atoms with van der Waals surface area (Å²) in [6.07, 6.45) is 11.2. The molecule has 2 aromatic carbocycles. The Balaban J connectivity index is 1.24. The number of aromatic nitrogens is 1. The SMILES string of the molecule is O=C(CCC1CCCCC1)NCCc1c[nH]c2cc(OCc3ccccc3)ccc12. The van der Waals surface area contributed by atoms with Crippen molar-refractivity contribution in [3.05, 3.63) is 65.9 Å². The number of benzene rings is 2. The van der Waals surface area contributed by atoms with Gasteiger partial charge in [0.25, 0.3) is 0 Å². The van der Waals surface area contributed by atoms with E-state index in [-0.39, 0.29) is 5.91 Å². The Hall–Kier alpha value is -2.75. The van der Waals surface area contributed by atoms with Gasteiger partial charge in [-0.3, -0.25) is 4.79 Å². The van der Waals surface area contributed by atoms with Crippen molar-refractivity contribution in [2.75, 3.05) is 6.54 Å². The van der Waals surface area contributed by atoms with Gasteiger partial charge in [-0.1, -0.05) is 62.4 Å². The van der Waals surface area contributed by atoms with Crippen LogP contribution in [0.15, 0.2) is 54.7 Å². The molecule has 1 amide bonds. The standard InChI is InChI=1S/C26H32N2O2/c29-26(14-11-20-7-3-1-4-8-20)27-16-15-22-18-28-25-17-23(12-13-24(22)25)30-19-21-9-5-2-6-10-21/h2,5-6,9-10,12-13,17-18,20,28H,1,3-4,7-8,11,14-16,19H2,(H,27,29). The van der Waals surface area contributed by atoms with Crippen LogP contribution in [0.3, 0.4) is 0 Å². The highest BCUT2D eigenvalue weighted by Crippen LogP contribution is 2.27. The number of rotatable bonds is 9. The number of hydrogen-bond donors (Lipinski definition) is 2. The Kier molecular flexibility index (Phi) is 7.07. The molecule has 4 rings (SSSR count). The molecule has 1 aliphatic carbocycles. The Labute approximate surface area is 179 Å². The second kappa shape index (κ2) is 10.3. The molecule has 30 heavy (non-hydrogen) atoms. The smallest absolute Gasteiger partial charge is 0.220 e. The van der Waals surface area contributed by atoms with Gasteiger partial charge in [-0.2, -0.15) is 0 Å². The average molecular weight is 405 g/mol.